The van der Waals surface area contributed by atoms with E-state index in [1.807, 2.05) is 0 Å². The van der Waals surface area contributed by atoms with E-state index in [1.165, 1.54) is 0 Å². The number of hydrogen-bond donors (Lipinski definition) is 0. The zero-order valence-corrected chi connectivity index (χ0v) is 27.6. The number of benzene rings is 2. The zero-order chi connectivity index (χ0) is 34.7. The molecule has 0 aliphatic heterocycles. The van der Waals surface area contributed by atoms with E-state index in [9.17, 15) is 28.8 Å². The van der Waals surface area contributed by atoms with Gasteiger partial charge in [0.05, 0.1) is 63.9 Å². The minimum Gasteiger partial charge on any atom is -0.466 e. The molecular weight excluding hydrogens is 624 g/mol. The molecule has 0 heterocycles. The maximum absolute atomic E-state index is 12.8. The highest BCUT2D eigenvalue weighted by Gasteiger charge is 2.32. The summed E-state index contributed by atoms with van der Waals surface area (Å²) in [6.07, 6.45) is 2.90. The first-order valence-corrected chi connectivity index (χ1v) is 16.4. The first kappa shape index (κ1) is 37.7. The Kier molecular flexibility index (Phi) is 16.1. The van der Waals surface area contributed by atoms with Crippen molar-refractivity contribution >= 4 is 35.8 Å². The summed E-state index contributed by atoms with van der Waals surface area (Å²) in [7, 11) is 0. The molecule has 0 N–H and O–H groups in total. The predicted molar refractivity (Wildman–Crippen MR) is 171 cm³/mol. The first-order chi connectivity index (χ1) is 23.2. The van der Waals surface area contributed by atoms with Crippen molar-refractivity contribution < 1.29 is 57.2 Å². The third kappa shape index (κ3) is 13.9. The summed E-state index contributed by atoms with van der Waals surface area (Å²) in [4.78, 5) is 71.7. The first-order valence-electron chi connectivity index (χ1n) is 16.4. The normalized spacial score (nSPS) is 15.5. The average molecular weight is 669 g/mol. The van der Waals surface area contributed by atoms with Gasteiger partial charge in [-0.15, -0.1) is 0 Å². The Balaban J connectivity index is 1.31. The van der Waals surface area contributed by atoms with E-state index in [0.717, 1.165) is 11.1 Å². The van der Waals surface area contributed by atoms with Gasteiger partial charge in [0.2, 0.25) is 0 Å². The second-order valence-corrected chi connectivity index (χ2v) is 11.2. The van der Waals surface area contributed by atoms with Crippen LogP contribution in [0.15, 0.2) is 48.5 Å². The summed E-state index contributed by atoms with van der Waals surface area (Å²) >= 11 is 0. The van der Waals surface area contributed by atoms with Gasteiger partial charge in [0.25, 0.3) is 0 Å². The van der Waals surface area contributed by atoms with Gasteiger partial charge in [-0.1, -0.05) is 24.3 Å². The quantitative estimate of drug-likeness (QED) is 0.121. The van der Waals surface area contributed by atoms with E-state index in [2.05, 4.69) is 0 Å². The minimum absolute atomic E-state index is 0.0132. The number of ether oxygens (including phenoxy) is 6. The molecular formula is C36H44O12. The third-order valence-electron chi connectivity index (χ3n) is 7.66. The molecule has 0 radical (unpaired) electrons. The average Bonchev–Trinajstić information content (AvgIpc) is 3.08. The van der Waals surface area contributed by atoms with Crippen LogP contribution in [0.4, 0.5) is 0 Å². The van der Waals surface area contributed by atoms with Crippen LogP contribution in [-0.4, -0.2) is 62.2 Å². The van der Waals surface area contributed by atoms with Gasteiger partial charge >= 0.3 is 35.8 Å². The summed E-state index contributed by atoms with van der Waals surface area (Å²) in [6, 6.07) is 13.9. The molecule has 0 atom stereocenters. The highest BCUT2D eigenvalue weighted by atomic mass is 16.6. The summed E-state index contributed by atoms with van der Waals surface area (Å²) in [5.41, 5.74) is 1.79. The van der Waals surface area contributed by atoms with Crippen LogP contribution >= 0.6 is 0 Å². The van der Waals surface area contributed by atoms with E-state index in [0.29, 0.717) is 50.0 Å². The molecule has 0 aromatic heterocycles. The topological polar surface area (TPSA) is 158 Å². The number of esters is 6. The van der Waals surface area contributed by atoms with Crippen molar-refractivity contribution in [1.29, 1.82) is 0 Å². The van der Waals surface area contributed by atoms with Crippen LogP contribution in [0, 0.1) is 11.8 Å². The molecule has 260 valence electrons. The molecule has 0 saturated heterocycles. The van der Waals surface area contributed by atoms with Crippen LogP contribution in [0.5, 0.6) is 11.5 Å². The zero-order valence-electron chi connectivity index (χ0n) is 27.6. The van der Waals surface area contributed by atoms with Crippen molar-refractivity contribution in [3.05, 3.63) is 59.7 Å². The van der Waals surface area contributed by atoms with Crippen LogP contribution < -0.4 is 9.47 Å². The highest BCUT2D eigenvalue weighted by molar-refractivity contribution is 5.79. The maximum Gasteiger partial charge on any atom is 0.314 e. The Morgan fingerprint density at radius 3 is 1.12 bits per heavy atom. The fourth-order valence-corrected chi connectivity index (χ4v) is 5.00. The van der Waals surface area contributed by atoms with Gasteiger partial charge in [-0.2, -0.15) is 0 Å². The lowest BCUT2D eigenvalue weighted by Gasteiger charge is -2.25. The van der Waals surface area contributed by atoms with Crippen LogP contribution in [-0.2, 0) is 60.6 Å². The van der Waals surface area contributed by atoms with E-state index in [4.69, 9.17) is 28.4 Å². The molecule has 1 aliphatic carbocycles. The fraction of sp³-hybridized carbons (Fsp3) is 0.500. The molecule has 1 aliphatic rings. The van der Waals surface area contributed by atoms with E-state index >= 15 is 0 Å². The molecule has 0 amide bonds. The van der Waals surface area contributed by atoms with Crippen LogP contribution in [0.3, 0.4) is 0 Å². The predicted octanol–water partition coefficient (Wildman–Crippen LogP) is 4.86. The van der Waals surface area contributed by atoms with Crippen molar-refractivity contribution in [1.82, 2.24) is 0 Å². The standard InChI is InChI=1S/C36H44O12/c1-3-43-31(37)17-19-33(39)45-23-21-25-5-13-29(14-6-25)47-35(41)27-9-11-28(12-10-27)36(42)48-30-15-7-26(8-16-30)22-24-46-34(40)20-18-32(38)44-4-2/h5-8,13-16,27-28H,3-4,9-12,17-24H2,1-2H3. The molecule has 0 unspecified atom stereocenters. The Morgan fingerprint density at radius 1 is 0.500 bits per heavy atom. The number of carbonyl (C=O) groups is 6. The largest absolute Gasteiger partial charge is 0.466 e. The molecule has 1 saturated carbocycles. The van der Waals surface area contributed by atoms with E-state index in [1.54, 1.807) is 62.4 Å². The molecule has 48 heavy (non-hydrogen) atoms. The molecule has 12 heteroatoms. The van der Waals surface area contributed by atoms with Crippen LogP contribution in [0.1, 0.15) is 76.3 Å². The van der Waals surface area contributed by atoms with Gasteiger partial charge in [0.1, 0.15) is 11.5 Å². The van der Waals surface area contributed by atoms with Crippen molar-refractivity contribution in [2.45, 2.75) is 78.1 Å². The lowest BCUT2D eigenvalue weighted by atomic mass is 9.82. The third-order valence-corrected chi connectivity index (χ3v) is 7.66. The molecule has 0 bridgehead atoms. The van der Waals surface area contributed by atoms with E-state index in [-0.39, 0.29) is 75.9 Å². The van der Waals surface area contributed by atoms with Gasteiger partial charge in [-0.25, -0.2) is 0 Å². The van der Waals surface area contributed by atoms with Crippen LogP contribution in [0.2, 0.25) is 0 Å². The summed E-state index contributed by atoms with van der Waals surface area (Å²) in [5, 5.41) is 0. The number of carbonyl (C=O) groups excluding carboxylic acids is 6. The second-order valence-electron chi connectivity index (χ2n) is 11.2. The summed E-state index contributed by atoms with van der Waals surface area (Å²) in [6.45, 7) is 4.27. The lowest BCUT2D eigenvalue weighted by Crippen LogP contribution is -2.30. The summed E-state index contributed by atoms with van der Waals surface area (Å²) in [5.74, 6) is -2.30. The number of hydrogen-bond acceptors (Lipinski definition) is 12. The monoisotopic (exact) mass is 668 g/mol. The Labute approximate surface area is 280 Å². The Bertz CT molecular complexity index is 1250. The number of rotatable bonds is 18. The molecule has 0 spiro atoms. The van der Waals surface area contributed by atoms with Crippen molar-refractivity contribution in [2.24, 2.45) is 11.8 Å². The van der Waals surface area contributed by atoms with Crippen molar-refractivity contribution in [2.75, 3.05) is 26.4 Å². The molecule has 12 nitrogen and oxygen atoms in total. The minimum atomic E-state index is -0.467. The van der Waals surface area contributed by atoms with Crippen molar-refractivity contribution in [3.63, 3.8) is 0 Å². The molecule has 2 aromatic rings. The summed E-state index contributed by atoms with van der Waals surface area (Å²) < 4.78 is 31.0. The molecule has 3 rings (SSSR count). The van der Waals surface area contributed by atoms with Gasteiger partial charge in [-0.3, -0.25) is 28.8 Å². The van der Waals surface area contributed by atoms with Crippen molar-refractivity contribution in [3.8, 4) is 11.5 Å². The Hall–Kier alpha value is -4.74. The van der Waals surface area contributed by atoms with Crippen LogP contribution in [0.25, 0.3) is 0 Å². The van der Waals surface area contributed by atoms with Gasteiger partial charge in [0, 0.05) is 12.8 Å². The second kappa shape index (κ2) is 20.5. The lowest BCUT2D eigenvalue weighted by molar-refractivity contribution is -0.150. The molecule has 2 aromatic carbocycles. The SMILES string of the molecule is CCOC(=O)CCC(=O)OCCc1ccc(OC(=O)C2CCC(C(=O)Oc3ccc(CCOC(=O)CCC(=O)OCC)cc3)CC2)cc1. The van der Waals surface area contributed by atoms with E-state index < -0.39 is 23.9 Å². The maximum atomic E-state index is 12.8. The van der Waals surface area contributed by atoms with Gasteiger partial charge < -0.3 is 28.4 Å². The Morgan fingerprint density at radius 2 is 0.812 bits per heavy atom. The van der Waals surface area contributed by atoms with Gasteiger partial charge in [-0.05, 0) is 74.9 Å². The highest BCUT2D eigenvalue weighted by Crippen LogP contribution is 2.31. The smallest absolute Gasteiger partial charge is 0.314 e. The molecule has 1 fully saturated rings. The van der Waals surface area contributed by atoms with Gasteiger partial charge in [0.15, 0.2) is 0 Å². The fourth-order valence-electron chi connectivity index (χ4n) is 5.00.